The number of para-hydroxylation sites is 1. The van der Waals surface area contributed by atoms with Gasteiger partial charge in [-0.3, -0.25) is 0 Å². The third-order valence-electron chi connectivity index (χ3n) is 4.27. The fourth-order valence-corrected chi connectivity index (χ4v) is 2.86. The summed E-state index contributed by atoms with van der Waals surface area (Å²) in [7, 11) is 1.90. The maximum Gasteiger partial charge on any atom is 0.146 e. The van der Waals surface area contributed by atoms with Crippen LogP contribution in [0.5, 0.6) is 0 Å². The summed E-state index contributed by atoms with van der Waals surface area (Å²) in [5, 5.41) is 0. The summed E-state index contributed by atoms with van der Waals surface area (Å²) in [5.74, 6) is 0.499. The molecule has 0 amide bonds. The van der Waals surface area contributed by atoms with Crippen LogP contribution in [0.25, 0.3) is 0 Å². The van der Waals surface area contributed by atoms with E-state index in [2.05, 4.69) is 24.3 Å². The number of nitrogens with zero attached hydrogens (tertiary/aromatic N) is 1. The molecule has 21 heavy (non-hydrogen) atoms. The molecule has 0 radical (unpaired) electrons. The standard InChI is InChI=1S/C18H21FN2/c1-21(17-8-3-2-7-16(17)19)18(12-20)15-6-4-5-14(11-15)13-9-10-13/h2-8,11,13,18H,9-10,12,20H2,1H3. The SMILES string of the molecule is CN(c1ccccc1F)C(CN)c1cccc(C2CC2)c1. The molecule has 0 aromatic heterocycles. The lowest BCUT2D eigenvalue weighted by molar-refractivity contribution is 0.603. The van der Waals surface area contributed by atoms with Gasteiger partial charge < -0.3 is 10.6 Å². The summed E-state index contributed by atoms with van der Waals surface area (Å²) in [6.07, 6.45) is 2.56. The first-order chi connectivity index (χ1) is 10.2. The minimum Gasteiger partial charge on any atom is -0.364 e. The molecule has 0 aliphatic heterocycles. The Morgan fingerprint density at radius 1 is 1.19 bits per heavy atom. The maximum atomic E-state index is 14.0. The number of likely N-dealkylation sites (N-methyl/N-ethyl adjacent to an activating group) is 1. The van der Waals surface area contributed by atoms with Gasteiger partial charge in [0, 0.05) is 13.6 Å². The van der Waals surface area contributed by atoms with E-state index in [1.165, 1.54) is 24.5 Å². The number of hydrogen-bond donors (Lipinski definition) is 1. The van der Waals surface area contributed by atoms with Crippen LogP contribution in [0.1, 0.15) is 35.9 Å². The van der Waals surface area contributed by atoms with E-state index >= 15 is 0 Å². The van der Waals surface area contributed by atoms with Crippen molar-refractivity contribution in [3.8, 4) is 0 Å². The molecule has 2 N–H and O–H groups in total. The van der Waals surface area contributed by atoms with Gasteiger partial charge >= 0.3 is 0 Å². The number of hydrogen-bond acceptors (Lipinski definition) is 2. The van der Waals surface area contributed by atoms with Crippen LogP contribution in [-0.2, 0) is 0 Å². The lowest BCUT2D eigenvalue weighted by Gasteiger charge is -2.30. The summed E-state index contributed by atoms with van der Waals surface area (Å²) < 4.78 is 14.0. The quantitative estimate of drug-likeness (QED) is 0.904. The van der Waals surface area contributed by atoms with Gasteiger partial charge in [-0.25, -0.2) is 4.39 Å². The Labute approximate surface area is 125 Å². The minimum atomic E-state index is -0.211. The van der Waals surface area contributed by atoms with Crippen LogP contribution in [0.3, 0.4) is 0 Å². The summed E-state index contributed by atoms with van der Waals surface area (Å²) in [6.45, 7) is 0.457. The van der Waals surface area contributed by atoms with E-state index in [9.17, 15) is 4.39 Å². The molecule has 3 heteroatoms. The van der Waals surface area contributed by atoms with E-state index in [4.69, 9.17) is 5.73 Å². The molecule has 2 aromatic rings. The summed E-state index contributed by atoms with van der Waals surface area (Å²) in [5.41, 5.74) is 9.10. The molecular weight excluding hydrogens is 263 g/mol. The number of anilines is 1. The first-order valence-electron chi connectivity index (χ1n) is 7.48. The van der Waals surface area contributed by atoms with Crippen LogP contribution in [0, 0.1) is 5.82 Å². The van der Waals surface area contributed by atoms with Crippen molar-refractivity contribution in [2.24, 2.45) is 5.73 Å². The molecule has 1 fully saturated rings. The smallest absolute Gasteiger partial charge is 0.146 e. The molecule has 2 aromatic carbocycles. The Balaban J connectivity index is 1.90. The van der Waals surface area contributed by atoms with E-state index in [1.54, 1.807) is 12.1 Å². The second kappa shape index (κ2) is 5.86. The van der Waals surface area contributed by atoms with Crippen LogP contribution >= 0.6 is 0 Å². The monoisotopic (exact) mass is 284 g/mol. The molecule has 0 saturated heterocycles. The van der Waals surface area contributed by atoms with E-state index in [1.807, 2.05) is 18.0 Å². The van der Waals surface area contributed by atoms with Crippen molar-refractivity contribution in [1.29, 1.82) is 0 Å². The molecule has 1 atom stereocenters. The molecule has 1 aliphatic rings. The second-order valence-corrected chi connectivity index (χ2v) is 5.76. The van der Waals surface area contributed by atoms with Crippen molar-refractivity contribution in [1.82, 2.24) is 0 Å². The topological polar surface area (TPSA) is 29.3 Å². The summed E-state index contributed by atoms with van der Waals surface area (Å²) in [6, 6.07) is 15.4. The van der Waals surface area contributed by atoms with Crippen molar-refractivity contribution >= 4 is 5.69 Å². The first-order valence-corrected chi connectivity index (χ1v) is 7.48. The Kier molecular flexibility index (Phi) is 3.93. The molecule has 1 unspecified atom stereocenters. The van der Waals surface area contributed by atoms with Crippen molar-refractivity contribution in [2.45, 2.75) is 24.8 Å². The Bertz CT molecular complexity index is 622. The van der Waals surface area contributed by atoms with Gasteiger partial charge in [0.25, 0.3) is 0 Å². The highest BCUT2D eigenvalue weighted by Gasteiger charge is 2.25. The molecule has 2 nitrogen and oxygen atoms in total. The van der Waals surface area contributed by atoms with Gasteiger partial charge in [-0.05, 0) is 42.0 Å². The van der Waals surface area contributed by atoms with Gasteiger partial charge in [0.05, 0.1) is 11.7 Å². The molecule has 1 saturated carbocycles. The third-order valence-corrected chi connectivity index (χ3v) is 4.27. The summed E-state index contributed by atoms with van der Waals surface area (Å²) >= 11 is 0. The fourth-order valence-electron chi connectivity index (χ4n) is 2.86. The largest absolute Gasteiger partial charge is 0.364 e. The average molecular weight is 284 g/mol. The molecular formula is C18H21FN2. The Hall–Kier alpha value is -1.87. The molecule has 3 rings (SSSR count). The predicted molar refractivity (Wildman–Crippen MR) is 85.0 cm³/mol. The number of benzene rings is 2. The predicted octanol–water partition coefficient (Wildman–Crippen LogP) is 3.84. The number of nitrogens with two attached hydrogens (primary N) is 1. The first kappa shape index (κ1) is 14.1. The Morgan fingerprint density at radius 3 is 2.62 bits per heavy atom. The average Bonchev–Trinajstić information content (AvgIpc) is 3.33. The lowest BCUT2D eigenvalue weighted by atomic mass is 10.0. The Morgan fingerprint density at radius 2 is 1.95 bits per heavy atom. The molecule has 0 spiro atoms. The highest BCUT2D eigenvalue weighted by Crippen LogP contribution is 2.41. The highest BCUT2D eigenvalue weighted by molar-refractivity contribution is 5.50. The van der Waals surface area contributed by atoms with Crippen LogP contribution in [-0.4, -0.2) is 13.6 Å². The fraction of sp³-hybridized carbons (Fsp3) is 0.333. The zero-order chi connectivity index (χ0) is 14.8. The van der Waals surface area contributed by atoms with Gasteiger partial charge in [-0.15, -0.1) is 0 Å². The minimum absolute atomic E-state index is 0.0133. The number of halogens is 1. The van der Waals surface area contributed by atoms with Crippen LogP contribution in [0.15, 0.2) is 48.5 Å². The third kappa shape index (κ3) is 2.93. The molecule has 110 valence electrons. The van der Waals surface area contributed by atoms with Gasteiger partial charge in [0.15, 0.2) is 0 Å². The zero-order valence-corrected chi connectivity index (χ0v) is 12.3. The van der Waals surface area contributed by atoms with Gasteiger partial charge in [-0.1, -0.05) is 36.4 Å². The van der Waals surface area contributed by atoms with Crippen LogP contribution < -0.4 is 10.6 Å². The van der Waals surface area contributed by atoms with Gasteiger partial charge in [0.1, 0.15) is 5.82 Å². The van der Waals surface area contributed by atoms with Gasteiger partial charge in [0.2, 0.25) is 0 Å². The molecule has 0 heterocycles. The van der Waals surface area contributed by atoms with Crippen LogP contribution in [0.2, 0.25) is 0 Å². The van der Waals surface area contributed by atoms with Crippen molar-refractivity contribution in [3.63, 3.8) is 0 Å². The van der Waals surface area contributed by atoms with Crippen molar-refractivity contribution in [3.05, 3.63) is 65.5 Å². The van der Waals surface area contributed by atoms with Crippen molar-refractivity contribution < 1.29 is 4.39 Å². The maximum absolute atomic E-state index is 14.0. The summed E-state index contributed by atoms with van der Waals surface area (Å²) in [4.78, 5) is 1.93. The van der Waals surface area contributed by atoms with E-state index in [-0.39, 0.29) is 11.9 Å². The van der Waals surface area contributed by atoms with Crippen LogP contribution in [0.4, 0.5) is 10.1 Å². The normalized spacial score (nSPS) is 15.8. The highest BCUT2D eigenvalue weighted by atomic mass is 19.1. The van der Waals surface area contributed by atoms with Gasteiger partial charge in [-0.2, -0.15) is 0 Å². The van der Waals surface area contributed by atoms with E-state index in [0.29, 0.717) is 18.2 Å². The van der Waals surface area contributed by atoms with E-state index < -0.39 is 0 Å². The lowest BCUT2D eigenvalue weighted by Crippen LogP contribution is -2.31. The molecule has 0 bridgehead atoms. The molecule has 1 aliphatic carbocycles. The number of rotatable bonds is 5. The second-order valence-electron chi connectivity index (χ2n) is 5.76. The van der Waals surface area contributed by atoms with Crippen molar-refractivity contribution in [2.75, 3.05) is 18.5 Å². The van der Waals surface area contributed by atoms with E-state index in [0.717, 1.165) is 5.56 Å². The zero-order valence-electron chi connectivity index (χ0n) is 12.3.